The van der Waals surface area contributed by atoms with E-state index in [1.165, 1.54) is 19.4 Å². The SMILES string of the molecule is COC(=O)c1ccn[c]n1. The fourth-order valence-electron chi connectivity index (χ4n) is 0.479. The summed E-state index contributed by atoms with van der Waals surface area (Å²) in [6.07, 6.45) is 3.71. The van der Waals surface area contributed by atoms with Gasteiger partial charge in [0, 0.05) is 6.20 Å². The van der Waals surface area contributed by atoms with Crippen molar-refractivity contribution in [2.24, 2.45) is 0 Å². The summed E-state index contributed by atoms with van der Waals surface area (Å²) in [5.41, 5.74) is 0.220. The minimum Gasteiger partial charge on any atom is -0.464 e. The number of esters is 1. The van der Waals surface area contributed by atoms with Crippen molar-refractivity contribution in [2.45, 2.75) is 0 Å². The van der Waals surface area contributed by atoms with Gasteiger partial charge in [0.1, 0.15) is 0 Å². The molecule has 0 aromatic carbocycles. The molecule has 0 saturated carbocycles. The monoisotopic (exact) mass is 137 g/mol. The molecule has 0 aliphatic heterocycles. The van der Waals surface area contributed by atoms with Crippen LogP contribution in [0.3, 0.4) is 0 Å². The summed E-state index contributed by atoms with van der Waals surface area (Å²) in [6.45, 7) is 0. The fraction of sp³-hybridized carbons (Fsp3) is 0.167. The molecule has 10 heavy (non-hydrogen) atoms. The molecule has 0 fully saturated rings. The highest BCUT2D eigenvalue weighted by Crippen LogP contribution is 1.91. The average molecular weight is 137 g/mol. The number of hydrogen-bond donors (Lipinski definition) is 0. The molecule has 1 rings (SSSR count). The van der Waals surface area contributed by atoms with Gasteiger partial charge in [-0.25, -0.2) is 14.8 Å². The van der Waals surface area contributed by atoms with Crippen molar-refractivity contribution in [2.75, 3.05) is 7.11 Å². The van der Waals surface area contributed by atoms with Crippen LogP contribution in [0.5, 0.6) is 0 Å². The average Bonchev–Trinajstić information content (AvgIpc) is 2.05. The summed E-state index contributed by atoms with van der Waals surface area (Å²) in [4.78, 5) is 17.7. The number of methoxy groups -OCH3 is 1. The molecule has 0 unspecified atom stereocenters. The van der Waals surface area contributed by atoms with Gasteiger partial charge < -0.3 is 4.74 Å². The molecule has 0 saturated heterocycles. The Morgan fingerprint density at radius 1 is 1.80 bits per heavy atom. The minimum absolute atomic E-state index is 0.220. The van der Waals surface area contributed by atoms with E-state index in [1.54, 1.807) is 0 Å². The second-order valence-electron chi connectivity index (χ2n) is 1.53. The van der Waals surface area contributed by atoms with Crippen molar-refractivity contribution in [3.8, 4) is 0 Å². The van der Waals surface area contributed by atoms with E-state index in [-0.39, 0.29) is 5.69 Å². The number of aromatic nitrogens is 2. The molecule has 1 radical (unpaired) electrons. The summed E-state index contributed by atoms with van der Waals surface area (Å²) >= 11 is 0. The Morgan fingerprint density at radius 3 is 3.10 bits per heavy atom. The zero-order chi connectivity index (χ0) is 7.40. The maximum atomic E-state index is 10.7. The van der Waals surface area contributed by atoms with E-state index in [0.717, 1.165) is 0 Å². The zero-order valence-corrected chi connectivity index (χ0v) is 5.37. The lowest BCUT2D eigenvalue weighted by atomic mass is 10.4. The first-order valence-electron chi connectivity index (χ1n) is 2.62. The van der Waals surface area contributed by atoms with Crippen LogP contribution < -0.4 is 0 Å². The summed E-state index contributed by atoms with van der Waals surface area (Å²) in [6, 6.07) is 1.46. The van der Waals surface area contributed by atoms with Crippen molar-refractivity contribution >= 4 is 5.97 Å². The van der Waals surface area contributed by atoms with Crippen molar-refractivity contribution in [3.05, 3.63) is 24.3 Å². The predicted molar refractivity (Wildman–Crippen MR) is 32.2 cm³/mol. The summed E-state index contributed by atoms with van der Waals surface area (Å²) in [5, 5.41) is 0. The second-order valence-corrected chi connectivity index (χ2v) is 1.53. The van der Waals surface area contributed by atoms with Gasteiger partial charge in [-0.3, -0.25) is 0 Å². The molecule has 1 heterocycles. The highest BCUT2D eigenvalue weighted by molar-refractivity contribution is 5.86. The Bertz CT molecular complexity index is 222. The van der Waals surface area contributed by atoms with E-state index in [2.05, 4.69) is 21.0 Å². The molecule has 1 aromatic heterocycles. The van der Waals surface area contributed by atoms with Crippen LogP contribution in [0.15, 0.2) is 12.3 Å². The van der Waals surface area contributed by atoms with Crippen molar-refractivity contribution in [1.29, 1.82) is 0 Å². The molecule has 4 heteroatoms. The topological polar surface area (TPSA) is 52.1 Å². The first kappa shape index (κ1) is 6.67. The van der Waals surface area contributed by atoms with E-state index < -0.39 is 5.97 Å². The third kappa shape index (κ3) is 1.28. The van der Waals surface area contributed by atoms with Crippen LogP contribution in [0.1, 0.15) is 10.5 Å². The molecule has 0 spiro atoms. The van der Waals surface area contributed by atoms with Crippen LogP contribution in [0.25, 0.3) is 0 Å². The molecule has 4 nitrogen and oxygen atoms in total. The van der Waals surface area contributed by atoms with Crippen LogP contribution in [0.2, 0.25) is 0 Å². The number of rotatable bonds is 1. The van der Waals surface area contributed by atoms with Gasteiger partial charge in [-0.15, -0.1) is 0 Å². The number of carbonyl (C=O) groups excluding carboxylic acids is 1. The summed E-state index contributed by atoms with van der Waals surface area (Å²) in [5.74, 6) is -0.473. The maximum absolute atomic E-state index is 10.7. The molecule has 1 aromatic rings. The van der Waals surface area contributed by atoms with Gasteiger partial charge in [0.25, 0.3) is 0 Å². The smallest absolute Gasteiger partial charge is 0.356 e. The molecule has 0 bridgehead atoms. The van der Waals surface area contributed by atoms with Crippen molar-refractivity contribution < 1.29 is 9.53 Å². The molecule has 0 N–H and O–H groups in total. The highest BCUT2D eigenvalue weighted by Gasteiger charge is 2.03. The Labute approximate surface area is 57.9 Å². The van der Waals surface area contributed by atoms with Crippen molar-refractivity contribution in [1.82, 2.24) is 9.97 Å². The third-order valence-corrected chi connectivity index (χ3v) is 0.930. The largest absolute Gasteiger partial charge is 0.464 e. The standard InChI is InChI=1S/C6H5N2O2/c1-10-6(9)5-2-3-7-4-8-5/h2-3H,1H3. The second kappa shape index (κ2) is 2.91. The van der Waals surface area contributed by atoms with Crippen LogP contribution in [-0.2, 0) is 4.74 Å². The lowest BCUT2D eigenvalue weighted by molar-refractivity contribution is 0.0593. The fourth-order valence-corrected chi connectivity index (χ4v) is 0.479. The van der Waals surface area contributed by atoms with E-state index >= 15 is 0 Å². The number of nitrogens with zero attached hydrogens (tertiary/aromatic N) is 2. The van der Waals surface area contributed by atoms with Crippen LogP contribution in [0.4, 0.5) is 0 Å². The van der Waals surface area contributed by atoms with Gasteiger partial charge in [-0.2, -0.15) is 0 Å². The number of hydrogen-bond acceptors (Lipinski definition) is 4. The van der Waals surface area contributed by atoms with Gasteiger partial charge in [-0.05, 0) is 6.07 Å². The Morgan fingerprint density at radius 2 is 2.60 bits per heavy atom. The highest BCUT2D eigenvalue weighted by atomic mass is 16.5. The molecule has 0 amide bonds. The summed E-state index contributed by atoms with van der Waals surface area (Å²) in [7, 11) is 1.30. The predicted octanol–water partition coefficient (Wildman–Crippen LogP) is 0.0634. The third-order valence-electron chi connectivity index (χ3n) is 0.930. The van der Waals surface area contributed by atoms with Gasteiger partial charge in [0.05, 0.1) is 7.11 Å². The van der Waals surface area contributed by atoms with Crippen LogP contribution in [-0.4, -0.2) is 23.0 Å². The quantitative estimate of drug-likeness (QED) is 0.514. The van der Waals surface area contributed by atoms with E-state index in [4.69, 9.17) is 0 Å². The number of ether oxygens (including phenoxy) is 1. The van der Waals surface area contributed by atoms with Gasteiger partial charge in [-0.1, -0.05) is 0 Å². The molecule has 0 atom stereocenters. The van der Waals surface area contributed by atoms with Gasteiger partial charge >= 0.3 is 5.97 Å². The van der Waals surface area contributed by atoms with Gasteiger partial charge in [0.15, 0.2) is 12.0 Å². The Kier molecular flexibility index (Phi) is 1.94. The molecule has 51 valence electrons. The molecular weight excluding hydrogens is 132 g/mol. The van der Waals surface area contributed by atoms with E-state index in [0.29, 0.717) is 0 Å². The van der Waals surface area contributed by atoms with Crippen LogP contribution >= 0.6 is 0 Å². The van der Waals surface area contributed by atoms with Gasteiger partial charge in [0.2, 0.25) is 0 Å². The Balaban J connectivity index is 2.85. The molecular formula is C6H5N2O2. The van der Waals surface area contributed by atoms with E-state index in [9.17, 15) is 4.79 Å². The molecule has 0 aliphatic rings. The first-order chi connectivity index (χ1) is 4.84. The van der Waals surface area contributed by atoms with E-state index in [1.807, 2.05) is 0 Å². The lowest BCUT2D eigenvalue weighted by Gasteiger charge is -1.93. The maximum Gasteiger partial charge on any atom is 0.356 e. The minimum atomic E-state index is -0.473. The van der Waals surface area contributed by atoms with Crippen molar-refractivity contribution in [3.63, 3.8) is 0 Å². The first-order valence-corrected chi connectivity index (χ1v) is 2.62. The zero-order valence-electron chi connectivity index (χ0n) is 5.37. The lowest BCUT2D eigenvalue weighted by Crippen LogP contribution is -2.03. The Hall–Kier alpha value is -1.45. The van der Waals surface area contributed by atoms with Crippen LogP contribution in [0, 0.1) is 6.33 Å². The number of carbonyl (C=O) groups is 1. The summed E-state index contributed by atoms with van der Waals surface area (Å²) < 4.78 is 4.39. The molecule has 0 aliphatic carbocycles. The normalized spacial score (nSPS) is 8.90.